The fourth-order valence-corrected chi connectivity index (χ4v) is 3.74. The molecule has 1 N–H and O–H groups in total. The fraction of sp³-hybridized carbons (Fsp3) is 0.208. The van der Waals surface area contributed by atoms with Crippen LogP contribution < -0.4 is 14.8 Å². The van der Waals surface area contributed by atoms with E-state index in [4.69, 9.17) is 32.7 Å². The average molecular weight is 442 g/mol. The van der Waals surface area contributed by atoms with Gasteiger partial charge in [-0.15, -0.1) is 0 Å². The number of hydrogen-bond acceptors (Lipinski definition) is 3. The third kappa shape index (κ3) is 4.55. The number of halogens is 2. The maximum absolute atomic E-state index is 12.5. The summed E-state index contributed by atoms with van der Waals surface area (Å²) in [5.74, 6) is 1.29. The Bertz CT molecular complexity index is 1090. The van der Waals surface area contributed by atoms with Gasteiger partial charge in [-0.2, -0.15) is 0 Å². The van der Waals surface area contributed by atoms with Crippen LogP contribution in [0.3, 0.4) is 0 Å². The summed E-state index contributed by atoms with van der Waals surface area (Å²) in [5.41, 5.74) is 2.87. The predicted octanol–water partition coefficient (Wildman–Crippen LogP) is 6.54. The molecule has 1 amide bonds. The first-order valence-electron chi connectivity index (χ1n) is 9.60. The maximum atomic E-state index is 12.5. The van der Waals surface area contributed by atoms with E-state index in [0.717, 1.165) is 29.0 Å². The van der Waals surface area contributed by atoms with Crippen LogP contribution in [-0.2, 0) is 13.0 Å². The van der Waals surface area contributed by atoms with E-state index < -0.39 is 0 Å². The zero-order valence-electron chi connectivity index (χ0n) is 16.7. The number of carbonyl (C=O) groups excluding carboxylic acids is 1. The highest BCUT2D eigenvalue weighted by molar-refractivity contribution is 6.35. The zero-order valence-corrected chi connectivity index (χ0v) is 18.2. The maximum Gasteiger partial charge on any atom is 0.255 e. The van der Waals surface area contributed by atoms with E-state index in [1.807, 2.05) is 24.3 Å². The third-order valence-electron chi connectivity index (χ3n) is 4.84. The van der Waals surface area contributed by atoms with Crippen LogP contribution in [0.1, 0.15) is 35.3 Å². The number of hydrogen-bond donors (Lipinski definition) is 1. The second kappa shape index (κ2) is 8.21. The molecule has 1 aliphatic heterocycles. The van der Waals surface area contributed by atoms with Crippen molar-refractivity contribution in [2.75, 3.05) is 5.32 Å². The van der Waals surface area contributed by atoms with Gasteiger partial charge in [-0.25, -0.2) is 0 Å². The lowest BCUT2D eigenvalue weighted by molar-refractivity contribution is 0.102. The predicted molar refractivity (Wildman–Crippen MR) is 120 cm³/mol. The van der Waals surface area contributed by atoms with Crippen LogP contribution >= 0.6 is 23.2 Å². The Hall–Kier alpha value is -2.69. The van der Waals surface area contributed by atoms with Crippen molar-refractivity contribution in [1.82, 2.24) is 0 Å². The number of anilines is 1. The molecule has 0 fully saturated rings. The number of amides is 1. The molecule has 0 saturated carbocycles. The Labute approximate surface area is 185 Å². The van der Waals surface area contributed by atoms with Gasteiger partial charge in [0.15, 0.2) is 11.5 Å². The molecule has 0 radical (unpaired) electrons. The molecule has 4 nitrogen and oxygen atoms in total. The topological polar surface area (TPSA) is 47.6 Å². The Balaban J connectivity index is 1.41. The summed E-state index contributed by atoms with van der Waals surface area (Å²) in [6, 6.07) is 18.1. The van der Waals surface area contributed by atoms with Crippen LogP contribution in [0.5, 0.6) is 11.5 Å². The highest BCUT2D eigenvalue weighted by Crippen LogP contribution is 2.42. The monoisotopic (exact) mass is 441 g/mol. The molecule has 1 aliphatic rings. The van der Waals surface area contributed by atoms with Gasteiger partial charge in [0.1, 0.15) is 12.2 Å². The molecule has 1 heterocycles. The molecule has 30 heavy (non-hydrogen) atoms. The summed E-state index contributed by atoms with van der Waals surface area (Å²) in [4.78, 5) is 12.5. The van der Waals surface area contributed by atoms with Gasteiger partial charge >= 0.3 is 0 Å². The lowest BCUT2D eigenvalue weighted by atomic mass is 10.0. The molecule has 154 valence electrons. The lowest BCUT2D eigenvalue weighted by Crippen LogP contribution is -2.24. The number of para-hydroxylation sites is 1. The number of carbonyl (C=O) groups is 1. The number of ether oxygens (including phenoxy) is 2. The van der Waals surface area contributed by atoms with Crippen molar-refractivity contribution in [3.8, 4) is 11.5 Å². The zero-order chi connectivity index (χ0) is 21.3. The Morgan fingerprint density at radius 2 is 1.87 bits per heavy atom. The number of nitrogens with one attached hydrogen (secondary N) is 1. The molecule has 0 spiro atoms. The van der Waals surface area contributed by atoms with Gasteiger partial charge in [0.2, 0.25) is 0 Å². The van der Waals surface area contributed by atoms with Crippen LogP contribution in [0, 0.1) is 0 Å². The second-order valence-corrected chi connectivity index (χ2v) is 8.69. The minimum Gasteiger partial charge on any atom is -0.485 e. The third-order valence-corrected chi connectivity index (χ3v) is 5.41. The van der Waals surface area contributed by atoms with Crippen molar-refractivity contribution in [2.24, 2.45) is 0 Å². The molecule has 6 heteroatoms. The molecular formula is C24H21Cl2NO3. The van der Waals surface area contributed by atoms with Gasteiger partial charge in [0, 0.05) is 22.6 Å². The number of benzene rings is 3. The number of rotatable bonds is 5. The van der Waals surface area contributed by atoms with E-state index in [2.05, 4.69) is 25.2 Å². The van der Waals surface area contributed by atoms with Crippen molar-refractivity contribution in [3.05, 3.63) is 87.4 Å². The van der Waals surface area contributed by atoms with Crippen molar-refractivity contribution in [1.29, 1.82) is 0 Å². The smallest absolute Gasteiger partial charge is 0.255 e. The van der Waals surface area contributed by atoms with Crippen LogP contribution in [-0.4, -0.2) is 11.5 Å². The molecule has 3 aromatic rings. The van der Waals surface area contributed by atoms with Crippen molar-refractivity contribution in [3.63, 3.8) is 0 Å². The highest BCUT2D eigenvalue weighted by atomic mass is 35.5. The largest absolute Gasteiger partial charge is 0.485 e. The van der Waals surface area contributed by atoms with Gasteiger partial charge in [0.25, 0.3) is 5.91 Å². The summed E-state index contributed by atoms with van der Waals surface area (Å²) < 4.78 is 12.0. The quantitative estimate of drug-likeness (QED) is 0.488. The van der Waals surface area contributed by atoms with E-state index in [0.29, 0.717) is 27.9 Å². The normalized spacial score (nSPS) is 14.0. The average Bonchev–Trinajstić information content (AvgIpc) is 3.04. The first kappa shape index (κ1) is 20.6. The van der Waals surface area contributed by atoms with Crippen LogP contribution in [0.15, 0.2) is 60.7 Å². The van der Waals surface area contributed by atoms with E-state index >= 15 is 0 Å². The standard InChI is InChI=1S/C24H21Cl2NO3/c1-24(2)13-17-4-3-5-21(22(17)30-24)29-14-15-6-8-16(9-7-15)23(28)27-20-12-18(25)10-11-19(20)26/h3-12H,13-14H2,1-2H3,(H,27,28). The van der Waals surface area contributed by atoms with E-state index in [-0.39, 0.29) is 11.5 Å². The summed E-state index contributed by atoms with van der Waals surface area (Å²) >= 11 is 12.1. The van der Waals surface area contributed by atoms with Crippen LogP contribution in [0.25, 0.3) is 0 Å². The van der Waals surface area contributed by atoms with Crippen molar-refractivity contribution < 1.29 is 14.3 Å². The van der Waals surface area contributed by atoms with E-state index in [1.165, 1.54) is 0 Å². The summed E-state index contributed by atoms with van der Waals surface area (Å²) in [6.45, 7) is 4.51. The minimum absolute atomic E-state index is 0.220. The lowest BCUT2D eigenvalue weighted by Gasteiger charge is -2.18. The molecule has 0 unspecified atom stereocenters. The molecule has 0 aliphatic carbocycles. The second-order valence-electron chi connectivity index (χ2n) is 7.85. The van der Waals surface area contributed by atoms with E-state index in [1.54, 1.807) is 30.3 Å². The van der Waals surface area contributed by atoms with Crippen LogP contribution in [0.4, 0.5) is 5.69 Å². The SMILES string of the molecule is CC1(C)Cc2cccc(OCc3ccc(C(=O)Nc4cc(Cl)ccc4Cl)cc3)c2O1. The first-order valence-corrected chi connectivity index (χ1v) is 10.4. The Morgan fingerprint density at radius 3 is 2.63 bits per heavy atom. The van der Waals surface area contributed by atoms with Crippen molar-refractivity contribution in [2.45, 2.75) is 32.5 Å². The van der Waals surface area contributed by atoms with Gasteiger partial charge in [-0.1, -0.05) is 47.5 Å². The molecule has 0 aromatic heterocycles. The Morgan fingerprint density at radius 1 is 1.10 bits per heavy atom. The highest BCUT2D eigenvalue weighted by Gasteiger charge is 2.32. The summed E-state index contributed by atoms with van der Waals surface area (Å²) in [5, 5.41) is 3.71. The molecular weight excluding hydrogens is 421 g/mol. The van der Waals surface area contributed by atoms with Gasteiger partial charge in [-0.05, 0) is 55.8 Å². The minimum atomic E-state index is -0.261. The molecule has 3 aromatic carbocycles. The Kier molecular flexibility index (Phi) is 5.63. The van der Waals surface area contributed by atoms with Crippen molar-refractivity contribution >= 4 is 34.8 Å². The summed E-state index contributed by atoms with van der Waals surface area (Å²) in [7, 11) is 0. The number of fused-ring (bicyclic) bond motifs is 1. The molecule has 0 atom stereocenters. The van der Waals surface area contributed by atoms with Gasteiger partial charge < -0.3 is 14.8 Å². The van der Waals surface area contributed by atoms with Gasteiger partial charge in [-0.3, -0.25) is 4.79 Å². The molecule has 4 rings (SSSR count). The molecule has 0 saturated heterocycles. The van der Waals surface area contributed by atoms with Gasteiger partial charge in [0.05, 0.1) is 10.7 Å². The van der Waals surface area contributed by atoms with Crippen LogP contribution in [0.2, 0.25) is 10.0 Å². The van der Waals surface area contributed by atoms with E-state index in [9.17, 15) is 4.79 Å². The summed E-state index contributed by atoms with van der Waals surface area (Å²) in [6.07, 6.45) is 0.861. The molecule has 0 bridgehead atoms. The first-order chi connectivity index (χ1) is 14.3. The fourth-order valence-electron chi connectivity index (χ4n) is 3.40.